The zero-order valence-corrected chi connectivity index (χ0v) is 8.32. The van der Waals surface area contributed by atoms with Gasteiger partial charge in [0.2, 0.25) is 0 Å². The van der Waals surface area contributed by atoms with Crippen LogP contribution in [0.3, 0.4) is 0 Å². The third-order valence-electron chi connectivity index (χ3n) is 1.72. The molecule has 1 rings (SSSR count). The lowest BCUT2D eigenvalue weighted by atomic mass is 10.00. The monoisotopic (exact) mass is 185 g/mol. The third-order valence-corrected chi connectivity index (χ3v) is 2.78. The van der Waals surface area contributed by atoms with Crippen LogP contribution < -0.4 is 5.73 Å². The van der Waals surface area contributed by atoms with E-state index in [2.05, 4.69) is 18.4 Å². The fourth-order valence-corrected chi connectivity index (χ4v) is 2.11. The van der Waals surface area contributed by atoms with Crippen molar-refractivity contribution >= 4 is 11.3 Å². The first-order valence-electron chi connectivity index (χ1n) is 3.97. The highest BCUT2D eigenvalue weighted by Gasteiger charge is 2.18. The Labute approximate surface area is 77.0 Å². The molecule has 68 valence electrons. The van der Waals surface area contributed by atoms with Crippen molar-refractivity contribution in [2.75, 3.05) is 6.61 Å². The van der Waals surface area contributed by atoms with Crippen molar-refractivity contribution in [3.05, 3.63) is 21.9 Å². The summed E-state index contributed by atoms with van der Waals surface area (Å²) < 4.78 is 0. The summed E-state index contributed by atoms with van der Waals surface area (Å²) in [4.78, 5) is 1.24. The molecule has 0 spiro atoms. The fraction of sp³-hybridized carbons (Fsp3) is 0.556. The Morgan fingerprint density at radius 3 is 2.75 bits per heavy atom. The summed E-state index contributed by atoms with van der Waals surface area (Å²) >= 11 is 1.70. The molecule has 0 radical (unpaired) electrons. The molecule has 0 aliphatic rings. The van der Waals surface area contributed by atoms with E-state index >= 15 is 0 Å². The van der Waals surface area contributed by atoms with Crippen molar-refractivity contribution in [1.82, 2.24) is 0 Å². The number of aliphatic hydroxyl groups excluding tert-OH is 1. The number of thiophene rings is 1. The summed E-state index contributed by atoms with van der Waals surface area (Å²) in [7, 11) is 0. The predicted octanol–water partition coefficient (Wildman–Crippen LogP) is 1.31. The first kappa shape index (κ1) is 9.71. The van der Waals surface area contributed by atoms with Gasteiger partial charge in [-0.3, -0.25) is 0 Å². The summed E-state index contributed by atoms with van der Waals surface area (Å²) in [5.74, 6) is 0. The Kier molecular flexibility index (Phi) is 2.88. The van der Waals surface area contributed by atoms with Crippen LogP contribution in [0.1, 0.15) is 17.4 Å². The van der Waals surface area contributed by atoms with E-state index in [1.165, 1.54) is 10.4 Å². The number of aryl methyl sites for hydroxylation is 1. The predicted molar refractivity (Wildman–Crippen MR) is 52.4 cm³/mol. The molecular formula is C9H15NOS. The summed E-state index contributed by atoms with van der Waals surface area (Å²) in [6.45, 7) is 3.96. The zero-order chi connectivity index (χ0) is 9.19. The smallest absolute Gasteiger partial charge is 0.0612 e. The molecule has 0 aromatic carbocycles. The SMILES string of the molecule is Cc1csc(CC(C)(N)CO)c1. The van der Waals surface area contributed by atoms with E-state index in [9.17, 15) is 0 Å². The van der Waals surface area contributed by atoms with Gasteiger partial charge < -0.3 is 10.8 Å². The first-order chi connectivity index (χ1) is 5.53. The van der Waals surface area contributed by atoms with Crippen molar-refractivity contribution in [3.63, 3.8) is 0 Å². The molecule has 1 atom stereocenters. The first-order valence-corrected chi connectivity index (χ1v) is 4.85. The van der Waals surface area contributed by atoms with E-state index in [-0.39, 0.29) is 6.61 Å². The van der Waals surface area contributed by atoms with Crippen LogP contribution in [-0.2, 0) is 6.42 Å². The molecule has 12 heavy (non-hydrogen) atoms. The molecule has 0 aliphatic heterocycles. The Balaban J connectivity index is 2.63. The van der Waals surface area contributed by atoms with E-state index in [1.807, 2.05) is 6.92 Å². The summed E-state index contributed by atoms with van der Waals surface area (Å²) in [6, 6.07) is 2.12. The highest BCUT2D eigenvalue weighted by atomic mass is 32.1. The molecular weight excluding hydrogens is 170 g/mol. The van der Waals surface area contributed by atoms with E-state index in [0.29, 0.717) is 0 Å². The molecule has 1 heterocycles. The van der Waals surface area contributed by atoms with Gasteiger partial charge in [0, 0.05) is 16.8 Å². The van der Waals surface area contributed by atoms with Gasteiger partial charge in [-0.2, -0.15) is 0 Å². The fourth-order valence-electron chi connectivity index (χ4n) is 1.04. The van der Waals surface area contributed by atoms with E-state index in [1.54, 1.807) is 11.3 Å². The van der Waals surface area contributed by atoms with Crippen molar-refractivity contribution < 1.29 is 5.11 Å². The molecule has 0 amide bonds. The topological polar surface area (TPSA) is 46.2 Å². The maximum atomic E-state index is 8.94. The van der Waals surface area contributed by atoms with Gasteiger partial charge in [-0.25, -0.2) is 0 Å². The summed E-state index contributed by atoms with van der Waals surface area (Å²) in [5.41, 5.74) is 6.61. The minimum Gasteiger partial charge on any atom is -0.394 e. The van der Waals surface area contributed by atoms with E-state index in [0.717, 1.165) is 6.42 Å². The minimum atomic E-state index is -0.475. The zero-order valence-electron chi connectivity index (χ0n) is 7.50. The molecule has 0 saturated heterocycles. The molecule has 0 fully saturated rings. The molecule has 0 saturated carbocycles. The van der Waals surface area contributed by atoms with Crippen molar-refractivity contribution in [2.24, 2.45) is 5.73 Å². The normalized spacial score (nSPS) is 16.0. The number of nitrogens with two attached hydrogens (primary N) is 1. The molecule has 1 aromatic heterocycles. The van der Waals surface area contributed by atoms with E-state index < -0.39 is 5.54 Å². The maximum absolute atomic E-state index is 8.94. The molecule has 0 aliphatic carbocycles. The Morgan fingerprint density at radius 1 is 1.67 bits per heavy atom. The van der Waals surface area contributed by atoms with Crippen LogP contribution >= 0.6 is 11.3 Å². The van der Waals surface area contributed by atoms with Crippen molar-refractivity contribution in [1.29, 1.82) is 0 Å². The van der Waals surface area contributed by atoms with Gasteiger partial charge in [-0.1, -0.05) is 0 Å². The largest absolute Gasteiger partial charge is 0.394 e. The van der Waals surface area contributed by atoms with Gasteiger partial charge >= 0.3 is 0 Å². The van der Waals surface area contributed by atoms with Crippen molar-refractivity contribution in [2.45, 2.75) is 25.8 Å². The van der Waals surface area contributed by atoms with Crippen LogP contribution in [0.2, 0.25) is 0 Å². The second-order valence-electron chi connectivity index (χ2n) is 3.58. The quantitative estimate of drug-likeness (QED) is 0.746. The van der Waals surface area contributed by atoms with Gasteiger partial charge in [0.15, 0.2) is 0 Å². The number of hydrogen-bond acceptors (Lipinski definition) is 3. The van der Waals surface area contributed by atoms with Gasteiger partial charge in [0.25, 0.3) is 0 Å². The van der Waals surface area contributed by atoms with Crippen LogP contribution in [0.4, 0.5) is 0 Å². The Bertz CT molecular complexity index is 255. The van der Waals surface area contributed by atoms with Crippen LogP contribution in [0.5, 0.6) is 0 Å². The lowest BCUT2D eigenvalue weighted by Crippen LogP contribution is -2.42. The number of hydrogen-bond donors (Lipinski definition) is 2. The molecule has 2 nitrogen and oxygen atoms in total. The van der Waals surface area contributed by atoms with Gasteiger partial charge in [0.1, 0.15) is 0 Å². The average molecular weight is 185 g/mol. The number of rotatable bonds is 3. The van der Waals surface area contributed by atoms with Crippen LogP contribution in [0.25, 0.3) is 0 Å². The molecule has 1 aromatic rings. The standard InChI is InChI=1S/C9H15NOS/c1-7-3-8(12-5-7)4-9(2,10)6-11/h3,5,11H,4,6,10H2,1-2H3. The average Bonchev–Trinajstić information content (AvgIpc) is 2.35. The highest BCUT2D eigenvalue weighted by molar-refractivity contribution is 7.10. The van der Waals surface area contributed by atoms with Crippen LogP contribution in [0.15, 0.2) is 11.4 Å². The van der Waals surface area contributed by atoms with Crippen LogP contribution in [-0.4, -0.2) is 17.3 Å². The van der Waals surface area contributed by atoms with Gasteiger partial charge in [-0.05, 0) is 30.9 Å². The molecule has 0 bridgehead atoms. The van der Waals surface area contributed by atoms with Crippen LogP contribution in [0, 0.1) is 6.92 Å². The molecule has 1 unspecified atom stereocenters. The second kappa shape index (κ2) is 3.56. The van der Waals surface area contributed by atoms with Crippen molar-refractivity contribution in [3.8, 4) is 0 Å². The molecule has 3 heteroatoms. The highest BCUT2D eigenvalue weighted by Crippen LogP contribution is 2.18. The van der Waals surface area contributed by atoms with Gasteiger partial charge in [-0.15, -0.1) is 11.3 Å². The maximum Gasteiger partial charge on any atom is 0.0612 e. The van der Waals surface area contributed by atoms with E-state index in [4.69, 9.17) is 10.8 Å². The molecule has 3 N–H and O–H groups in total. The third kappa shape index (κ3) is 2.59. The Morgan fingerprint density at radius 2 is 2.33 bits per heavy atom. The number of aliphatic hydroxyl groups is 1. The van der Waals surface area contributed by atoms with Gasteiger partial charge in [0.05, 0.1) is 6.61 Å². The minimum absolute atomic E-state index is 0.0317. The summed E-state index contributed by atoms with van der Waals surface area (Å²) in [6.07, 6.45) is 0.752. The lowest BCUT2D eigenvalue weighted by molar-refractivity contribution is 0.209. The Hall–Kier alpha value is -0.380. The summed E-state index contributed by atoms with van der Waals surface area (Å²) in [5, 5.41) is 11.0. The second-order valence-corrected chi connectivity index (χ2v) is 4.58. The lowest BCUT2D eigenvalue weighted by Gasteiger charge is -2.20.